The topological polar surface area (TPSA) is 6.48 Å². The average Bonchev–Trinajstić information content (AvgIpc) is 2.52. The molecule has 2 aromatic carbocycles. The van der Waals surface area contributed by atoms with E-state index in [1.54, 1.807) is 24.3 Å². The van der Waals surface area contributed by atoms with Crippen molar-refractivity contribution in [2.45, 2.75) is 6.54 Å². The Morgan fingerprint density at radius 1 is 1.08 bits per heavy atom. The van der Waals surface area contributed by atoms with E-state index < -0.39 is 31.7 Å². The fraction of sp³-hybridized carbons (Fsp3) is 0.125. The van der Waals surface area contributed by atoms with Crippen LogP contribution in [0.15, 0.2) is 48.4 Å². The maximum Gasteiger partial charge on any atom is 0.166 e. The van der Waals surface area contributed by atoms with Crippen LogP contribution in [0.5, 0.6) is 0 Å². The summed E-state index contributed by atoms with van der Waals surface area (Å²) in [5.74, 6) is -3.32. The smallest absolute Gasteiger partial charge is 0.166 e. The van der Waals surface area contributed by atoms with E-state index in [0.29, 0.717) is 21.7 Å². The monoisotopic (exact) mass is 376 g/mol. The van der Waals surface area contributed by atoms with Gasteiger partial charge in [0.25, 0.3) is 0 Å². The molecule has 0 aliphatic carbocycles. The average molecular weight is 377 g/mol. The van der Waals surface area contributed by atoms with Gasteiger partial charge in [-0.15, -0.1) is 9.37 Å². The van der Waals surface area contributed by atoms with E-state index in [1.165, 1.54) is 11.9 Å². The standard InChI is InChI=1S/C16H14ClF4N2P/c1-10(24-22(2)21)23(12-5-3-11(17)4-6-12)9-13-14(18)7-8-15(19)16(13)20/h3-8,24H,1,9H2,2H3. The Balaban J connectivity index is 2.42. The van der Waals surface area contributed by atoms with Crippen molar-refractivity contribution in [3.05, 3.63) is 76.5 Å². The maximum atomic E-state index is 14.0. The zero-order valence-electron chi connectivity index (χ0n) is 12.7. The minimum Gasteiger partial charge on any atom is -0.336 e. The van der Waals surface area contributed by atoms with Gasteiger partial charge in [0, 0.05) is 37.5 Å². The number of benzene rings is 2. The molecular weight excluding hydrogens is 363 g/mol. The lowest BCUT2D eigenvalue weighted by Crippen LogP contribution is -2.22. The molecule has 0 amide bonds. The van der Waals surface area contributed by atoms with Gasteiger partial charge in [-0.3, -0.25) is 0 Å². The van der Waals surface area contributed by atoms with Crippen LogP contribution < -0.4 is 4.90 Å². The van der Waals surface area contributed by atoms with Crippen molar-refractivity contribution >= 4 is 26.0 Å². The Bertz CT molecular complexity index is 738. The molecule has 0 heterocycles. The largest absolute Gasteiger partial charge is 0.336 e. The Hall–Kier alpha value is -1.62. The molecule has 0 saturated carbocycles. The van der Waals surface area contributed by atoms with Crippen molar-refractivity contribution < 1.29 is 17.7 Å². The zero-order valence-corrected chi connectivity index (χ0v) is 14.4. The highest BCUT2D eigenvalue weighted by atomic mass is 35.5. The number of anilines is 1. The van der Waals surface area contributed by atoms with Crippen LogP contribution in [0.1, 0.15) is 5.56 Å². The number of halogens is 5. The lowest BCUT2D eigenvalue weighted by Gasteiger charge is -2.28. The molecule has 1 unspecified atom stereocenters. The Labute approximate surface area is 144 Å². The first kappa shape index (κ1) is 18.7. The molecule has 2 rings (SSSR count). The lowest BCUT2D eigenvalue weighted by molar-refractivity contribution is 0.196. The Morgan fingerprint density at radius 3 is 2.25 bits per heavy atom. The zero-order chi connectivity index (χ0) is 17.9. The highest BCUT2D eigenvalue weighted by molar-refractivity contribution is 7.40. The molecule has 0 fully saturated rings. The molecule has 0 N–H and O–H groups in total. The predicted molar refractivity (Wildman–Crippen MR) is 90.3 cm³/mol. The third-order valence-corrected chi connectivity index (χ3v) is 4.29. The Morgan fingerprint density at radius 2 is 1.67 bits per heavy atom. The normalized spacial score (nSPS) is 11.5. The second kappa shape index (κ2) is 7.97. The summed E-state index contributed by atoms with van der Waals surface area (Å²) in [7, 11) is 0.736. The van der Waals surface area contributed by atoms with Crippen molar-refractivity contribution in [2.75, 3.05) is 11.9 Å². The van der Waals surface area contributed by atoms with Gasteiger partial charge < -0.3 is 4.90 Å². The quantitative estimate of drug-likeness (QED) is 0.278. The summed E-state index contributed by atoms with van der Waals surface area (Å²) in [5, 5.41) is 0.470. The van der Waals surface area contributed by atoms with Gasteiger partial charge in [0.1, 0.15) is 5.82 Å². The summed E-state index contributed by atoms with van der Waals surface area (Å²) in [5.41, 5.74) is 0.310. The van der Waals surface area contributed by atoms with E-state index in [2.05, 4.69) is 6.58 Å². The van der Waals surface area contributed by atoms with E-state index >= 15 is 0 Å². The number of hydrogen-bond acceptors (Lipinski definition) is 2. The summed E-state index contributed by atoms with van der Waals surface area (Å²) in [6.45, 7) is 3.42. The van der Waals surface area contributed by atoms with Crippen LogP contribution in [0.4, 0.5) is 23.3 Å². The minimum atomic E-state index is -1.28. The molecule has 0 aliphatic heterocycles. The molecule has 2 nitrogen and oxygen atoms in total. The number of hydrogen-bond donors (Lipinski definition) is 0. The van der Waals surface area contributed by atoms with Gasteiger partial charge in [0.05, 0.1) is 6.54 Å². The molecule has 0 aromatic heterocycles. The SMILES string of the molecule is C=C(PN(C)F)N(Cc1c(F)ccc(F)c1F)c1ccc(Cl)cc1. The number of rotatable bonds is 6. The summed E-state index contributed by atoms with van der Waals surface area (Å²) in [4.78, 5) is 1.81. The van der Waals surface area contributed by atoms with Gasteiger partial charge in [0.2, 0.25) is 0 Å². The van der Waals surface area contributed by atoms with Crippen molar-refractivity contribution in [3.8, 4) is 0 Å². The summed E-state index contributed by atoms with van der Waals surface area (Å²) in [6, 6.07) is 7.93. The van der Waals surface area contributed by atoms with Crippen LogP contribution >= 0.6 is 20.3 Å². The second-order valence-electron chi connectivity index (χ2n) is 4.92. The molecule has 0 saturated heterocycles. The van der Waals surface area contributed by atoms with Crippen LogP contribution in [0.3, 0.4) is 0 Å². The van der Waals surface area contributed by atoms with E-state index in [0.717, 1.165) is 6.07 Å². The molecule has 1 atom stereocenters. The van der Waals surface area contributed by atoms with Crippen molar-refractivity contribution in [3.63, 3.8) is 0 Å². The van der Waals surface area contributed by atoms with Gasteiger partial charge in [-0.25, -0.2) is 13.2 Å². The molecular formula is C16H14ClF4N2P. The summed E-state index contributed by atoms with van der Waals surface area (Å²) in [6.07, 6.45) is 0. The van der Waals surface area contributed by atoms with Crippen molar-refractivity contribution in [1.82, 2.24) is 4.89 Å². The van der Waals surface area contributed by atoms with Crippen LogP contribution in [0.25, 0.3) is 0 Å². The molecule has 0 bridgehead atoms. The third-order valence-electron chi connectivity index (χ3n) is 3.20. The highest BCUT2D eigenvalue weighted by Gasteiger charge is 2.20. The Kier molecular flexibility index (Phi) is 6.21. The number of nitrogens with zero attached hydrogens (tertiary/aromatic N) is 2. The second-order valence-corrected chi connectivity index (χ2v) is 6.77. The first-order valence-electron chi connectivity index (χ1n) is 6.80. The molecule has 24 heavy (non-hydrogen) atoms. The lowest BCUT2D eigenvalue weighted by atomic mass is 10.1. The first-order valence-corrected chi connectivity index (χ1v) is 8.12. The van der Waals surface area contributed by atoms with E-state index in [1.807, 2.05) is 0 Å². The molecule has 0 aliphatic rings. The van der Waals surface area contributed by atoms with Gasteiger partial charge >= 0.3 is 0 Å². The first-order chi connectivity index (χ1) is 11.3. The van der Waals surface area contributed by atoms with Gasteiger partial charge in [-0.1, -0.05) is 18.2 Å². The fourth-order valence-corrected chi connectivity index (χ4v) is 2.88. The van der Waals surface area contributed by atoms with Crippen molar-refractivity contribution in [2.24, 2.45) is 0 Å². The van der Waals surface area contributed by atoms with Crippen LogP contribution in [-0.4, -0.2) is 11.9 Å². The van der Waals surface area contributed by atoms with E-state index in [9.17, 15) is 17.7 Å². The molecule has 8 heteroatoms. The molecule has 0 spiro atoms. The minimum absolute atomic E-state index is 0.269. The van der Waals surface area contributed by atoms with Crippen LogP contribution in [-0.2, 0) is 6.54 Å². The fourth-order valence-electron chi connectivity index (χ4n) is 2.07. The summed E-state index contributed by atoms with van der Waals surface area (Å²) >= 11 is 5.83. The summed E-state index contributed by atoms with van der Waals surface area (Å²) < 4.78 is 54.5. The molecule has 2 aromatic rings. The molecule has 128 valence electrons. The van der Waals surface area contributed by atoms with E-state index in [4.69, 9.17) is 11.6 Å². The van der Waals surface area contributed by atoms with Gasteiger partial charge in [-0.2, -0.15) is 0 Å². The van der Waals surface area contributed by atoms with Crippen LogP contribution in [0, 0.1) is 17.5 Å². The van der Waals surface area contributed by atoms with Gasteiger partial charge in [0.15, 0.2) is 11.6 Å². The van der Waals surface area contributed by atoms with Crippen molar-refractivity contribution in [1.29, 1.82) is 0 Å². The molecule has 0 radical (unpaired) electrons. The van der Waals surface area contributed by atoms with E-state index in [-0.39, 0.29) is 12.0 Å². The van der Waals surface area contributed by atoms with Crippen LogP contribution in [0.2, 0.25) is 5.02 Å². The highest BCUT2D eigenvalue weighted by Crippen LogP contribution is 2.35. The predicted octanol–water partition coefficient (Wildman–Crippen LogP) is 5.64. The third kappa shape index (κ3) is 4.47. The van der Waals surface area contributed by atoms with Gasteiger partial charge in [-0.05, 0) is 36.4 Å². The maximum absolute atomic E-state index is 14.0.